The molecule has 0 saturated carbocycles. The summed E-state index contributed by atoms with van der Waals surface area (Å²) >= 11 is 0. The molecule has 0 spiro atoms. The number of hydrogen-bond donors (Lipinski definition) is 0. The van der Waals surface area contributed by atoms with Gasteiger partial charge in [-0.3, -0.25) is 0 Å². The molecular formula is C8H11EuP. The van der Waals surface area contributed by atoms with Crippen molar-refractivity contribution in [2.24, 2.45) is 0 Å². The van der Waals surface area contributed by atoms with Gasteiger partial charge in [0.15, 0.2) is 0 Å². The van der Waals surface area contributed by atoms with E-state index in [-0.39, 0.29) is 49.4 Å². The van der Waals surface area contributed by atoms with Crippen LogP contribution in [-0.4, -0.2) is 6.16 Å². The summed E-state index contributed by atoms with van der Waals surface area (Å²) in [6.07, 6.45) is 1.27. The maximum Gasteiger partial charge on any atom is 0 e. The molecule has 1 rings (SSSR count). The van der Waals surface area contributed by atoms with Gasteiger partial charge in [0.05, 0.1) is 0 Å². The summed E-state index contributed by atoms with van der Waals surface area (Å²) in [6, 6.07) is 10.6. The van der Waals surface area contributed by atoms with Gasteiger partial charge in [0.2, 0.25) is 0 Å². The second kappa shape index (κ2) is 6.91. The minimum atomic E-state index is 0. The zero-order valence-electron chi connectivity index (χ0n) is 5.97. The Kier molecular flexibility index (Phi) is 7.77. The van der Waals surface area contributed by atoms with Crippen molar-refractivity contribution < 1.29 is 49.4 Å². The molecule has 0 fully saturated rings. The topological polar surface area (TPSA) is 0 Å². The van der Waals surface area contributed by atoms with Crippen LogP contribution in [0.4, 0.5) is 0 Å². The Morgan fingerprint density at radius 3 is 2.30 bits per heavy atom. The maximum atomic E-state index is 2.21. The minimum absolute atomic E-state index is 0. The Morgan fingerprint density at radius 1 is 1.20 bits per heavy atom. The third-order valence-corrected chi connectivity index (χ3v) is 2.25. The number of benzene rings is 1. The second-order valence-electron chi connectivity index (χ2n) is 1.90. The Hall–Kier alpha value is 1.23. The zero-order chi connectivity index (χ0) is 6.53. The molecule has 1 radical (unpaired) electrons. The fraction of sp³-hybridized carbons (Fsp3) is 0.250. The predicted molar refractivity (Wildman–Crippen MR) is 44.9 cm³/mol. The van der Waals surface area contributed by atoms with Crippen molar-refractivity contribution in [2.45, 2.75) is 6.92 Å². The molecule has 0 N–H and O–H groups in total. The van der Waals surface area contributed by atoms with Gasteiger partial charge in [-0.05, 0) is 11.5 Å². The van der Waals surface area contributed by atoms with Crippen LogP contribution in [0, 0.1) is 49.4 Å². The van der Waals surface area contributed by atoms with Crippen LogP contribution in [0.1, 0.15) is 6.92 Å². The maximum absolute atomic E-state index is 2.21. The van der Waals surface area contributed by atoms with Gasteiger partial charge in [-0.2, -0.15) is 0 Å². The van der Waals surface area contributed by atoms with Crippen LogP contribution >= 0.6 is 8.58 Å². The first-order valence-corrected chi connectivity index (χ1v) is 4.43. The van der Waals surface area contributed by atoms with Crippen LogP contribution in [0.25, 0.3) is 0 Å². The smallest absolute Gasteiger partial charge is 0 e. The largest absolute Gasteiger partial charge is 0.0907 e. The zero-order valence-corrected chi connectivity index (χ0v) is 9.40. The average molecular weight is 290 g/mol. The normalized spacial score (nSPS) is 9.70. The Balaban J connectivity index is 0.000000810. The minimum Gasteiger partial charge on any atom is -0.0907 e. The SMILES string of the molecule is CCPc1ccccc1.[Eu]. The fourth-order valence-electron chi connectivity index (χ4n) is 0.760. The van der Waals surface area contributed by atoms with Crippen molar-refractivity contribution in [1.29, 1.82) is 0 Å². The van der Waals surface area contributed by atoms with Gasteiger partial charge in [0, 0.05) is 49.4 Å². The Labute approximate surface area is 105 Å². The molecule has 55 valence electrons. The molecule has 1 atom stereocenters. The second-order valence-corrected chi connectivity index (χ2v) is 3.53. The fourth-order valence-corrected chi connectivity index (χ4v) is 1.60. The third-order valence-electron chi connectivity index (χ3n) is 1.15. The third kappa shape index (κ3) is 4.18. The molecule has 0 heterocycles. The van der Waals surface area contributed by atoms with Crippen LogP contribution in [0.5, 0.6) is 0 Å². The quantitative estimate of drug-likeness (QED) is 0.731. The van der Waals surface area contributed by atoms with E-state index >= 15 is 0 Å². The van der Waals surface area contributed by atoms with Crippen LogP contribution in [-0.2, 0) is 0 Å². The van der Waals surface area contributed by atoms with Crippen LogP contribution in [0.15, 0.2) is 30.3 Å². The molecule has 0 aliphatic carbocycles. The standard InChI is InChI=1S/C8H11P.Eu/c1-2-9-8-6-4-3-5-7-8;/h3-7,9H,2H2,1H3;. The van der Waals surface area contributed by atoms with Crippen LogP contribution in [0.3, 0.4) is 0 Å². The van der Waals surface area contributed by atoms with Gasteiger partial charge < -0.3 is 0 Å². The van der Waals surface area contributed by atoms with Crippen LogP contribution < -0.4 is 5.30 Å². The van der Waals surface area contributed by atoms with Gasteiger partial charge in [0.1, 0.15) is 0 Å². The van der Waals surface area contributed by atoms with Crippen LogP contribution in [0.2, 0.25) is 0 Å². The molecule has 0 aliphatic heterocycles. The molecule has 0 aromatic heterocycles. The van der Waals surface area contributed by atoms with E-state index in [4.69, 9.17) is 0 Å². The Morgan fingerprint density at radius 2 is 1.80 bits per heavy atom. The van der Waals surface area contributed by atoms with E-state index < -0.39 is 0 Å². The molecule has 1 unspecified atom stereocenters. The van der Waals surface area contributed by atoms with E-state index in [0.29, 0.717) is 0 Å². The van der Waals surface area contributed by atoms with Gasteiger partial charge in [-0.1, -0.05) is 45.8 Å². The van der Waals surface area contributed by atoms with Crippen molar-refractivity contribution in [1.82, 2.24) is 0 Å². The van der Waals surface area contributed by atoms with E-state index in [0.717, 1.165) is 8.58 Å². The molecule has 0 bridgehead atoms. The first kappa shape index (κ1) is 11.2. The van der Waals surface area contributed by atoms with Gasteiger partial charge >= 0.3 is 0 Å². The average Bonchev–Trinajstić information content (AvgIpc) is 1.91. The summed E-state index contributed by atoms with van der Waals surface area (Å²) in [6.45, 7) is 2.21. The summed E-state index contributed by atoms with van der Waals surface area (Å²) < 4.78 is 0. The van der Waals surface area contributed by atoms with E-state index in [9.17, 15) is 0 Å². The Bertz CT molecular complexity index is 162. The molecule has 2 heteroatoms. The first-order chi connectivity index (χ1) is 4.43. The van der Waals surface area contributed by atoms with E-state index in [2.05, 4.69) is 37.3 Å². The summed E-state index contributed by atoms with van der Waals surface area (Å²) in [4.78, 5) is 0. The van der Waals surface area contributed by atoms with Crippen molar-refractivity contribution in [3.05, 3.63) is 30.3 Å². The molecule has 1 aromatic carbocycles. The molecule has 10 heavy (non-hydrogen) atoms. The summed E-state index contributed by atoms with van der Waals surface area (Å²) in [5.41, 5.74) is 0. The predicted octanol–water partition coefficient (Wildman–Crippen LogP) is 2.01. The van der Waals surface area contributed by atoms with E-state index in [1.807, 2.05) is 0 Å². The van der Waals surface area contributed by atoms with E-state index in [1.165, 1.54) is 11.5 Å². The van der Waals surface area contributed by atoms with Crippen molar-refractivity contribution in [2.75, 3.05) is 6.16 Å². The van der Waals surface area contributed by atoms with Gasteiger partial charge in [-0.25, -0.2) is 0 Å². The van der Waals surface area contributed by atoms with Crippen molar-refractivity contribution in [3.63, 3.8) is 0 Å². The van der Waals surface area contributed by atoms with Gasteiger partial charge in [-0.15, -0.1) is 0 Å². The monoisotopic (exact) mass is 291 g/mol. The molecule has 0 saturated heterocycles. The summed E-state index contributed by atoms with van der Waals surface area (Å²) in [7, 11) is 0.987. The summed E-state index contributed by atoms with van der Waals surface area (Å²) in [5, 5.41) is 1.47. The molecule has 1 aromatic rings. The molecule has 0 nitrogen and oxygen atoms in total. The molecule has 0 aliphatic rings. The number of hydrogen-bond acceptors (Lipinski definition) is 0. The molecular weight excluding hydrogens is 279 g/mol. The first-order valence-electron chi connectivity index (χ1n) is 3.22. The van der Waals surface area contributed by atoms with Crippen molar-refractivity contribution >= 4 is 13.9 Å². The van der Waals surface area contributed by atoms with Crippen molar-refractivity contribution in [3.8, 4) is 0 Å². The number of rotatable bonds is 2. The van der Waals surface area contributed by atoms with Gasteiger partial charge in [0.25, 0.3) is 0 Å². The van der Waals surface area contributed by atoms with E-state index in [1.54, 1.807) is 0 Å². The molecule has 0 amide bonds. The summed E-state index contributed by atoms with van der Waals surface area (Å²) in [5.74, 6) is 0.